The van der Waals surface area contributed by atoms with Gasteiger partial charge in [0, 0.05) is 42.8 Å². The van der Waals surface area contributed by atoms with Gasteiger partial charge in [-0.1, -0.05) is 6.07 Å². The first-order valence-corrected chi connectivity index (χ1v) is 6.99. The van der Waals surface area contributed by atoms with Gasteiger partial charge in [0.1, 0.15) is 0 Å². The maximum Gasteiger partial charge on any atom is 0.0560 e. The van der Waals surface area contributed by atoms with E-state index < -0.39 is 0 Å². The van der Waals surface area contributed by atoms with Crippen LogP contribution < -0.4 is 10.6 Å². The molecular weight excluding hydrogens is 242 g/mol. The van der Waals surface area contributed by atoms with Gasteiger partial charge in [-0.3, -0.25) is 4.98 Å². The van der Waals surface area contributed by atoms with Gasteiger partial charge in [0.25, 0.3) is 0 Å². The third kappa shape index (κ3) is 3.09. The standard InChI is InChI=1S/C14H19N3S/c1-11(8-14-4-3-7-18-14)17(2)13-5-6-16-12(9-13)10-15/h3-7,9,11H,8,10,15H2,1-2H3. The van der Waals surface area contributed by atoms with Gasteiger partial charge in [-0.2, -0.15) is 0 Å². The number of thiophene rings is 1. The van der Waals surface area contributed by atoms with Crippen LogP contribution in [0, 0.1) is 0 Å². The second-order valence-corrected chi connectivity index (χ2v) is 5.49. The summed E-state index contributed by atoms with van der Waals surface area (Å²) in [5.74, 6) is 0. The van der Waals surface area contributed by atoms with Gasteiger partial charge in [0.05, 0.1) is 5.69 Å². The first kappa shape index (κ1) is 13.1. The number of nitrogens with two attached hydrogens (primary N) is 1. The van der Waals surface area contributed by atoms with Crippen molar-refractivity contribution in [3.05, 3.63) is 46.4 Å². The van der Waals surface area contributed by atoms with Crippen LogP contribution >= 0.6 is 11.3 Å². The lowest BCUT2D eigenvalue weighted by Crippen LogP contribution is -2.30. The second-order valence-electron chi connectivity index (χ2n) is 4.45. The summed E-state index contributed by atoms with van der Waals surface area (Å²) in [5, 5.41) is 2.13. The van der Waals surface area contributed by atoms with Crippen LogP contribution in [0.5, 0.6) is 0 Å². The lowest BCUT2D eigenvalue weighted by atomic mass is 10.1. The Morgan fingerprint density at radius 3 is 2.94 bits per heavy atom. The Labute approximate surface area is 112 Å². The molecule has 0 radical (unpaired) electrons. The predicted molar refractivity (Wildman–Crippen MR) is 78.0 cm³/mol. The van der Waals surface area contributed by atoms with E-state index in [-0.39, 0.29) is 0 Å². The summed E-state index contributed by atoms with van der Waals surface area (Å²) in [6, 6.07) is 8.84. The number of aromatic nitrogens is 1. The average Bonchev–Trinajstić information content (AvgIpc) is 2.90. The topological polar surface area (TPSA) is 42.2 Å². The van der Waals surface area contributed by atoms with Gasteiger partial charge >= 0.3 is 0 Å². The Bertz CT molecular complexity index is 482. The molecule has 4 heteroatoms. The van der Waals surface area contributed by atoms with Crippen LogP contribution in [0.1, 0.15) is 17.5 Å². The van der Waals surface area contributed by atoms with Crippen LogP contribution in [0.4, 0.5) is 5.69 Å². The molecule has 3 nitrogen and oxygen atoms in total. The molecule has 2 aromatic rings. The van der Waals surface area contributed by atoms with E-state index in [1.807, 2.05) is 23.6 Å². The van der Waals surface area contributed by atoms with Crippen molar-refractivity contribution in [2.24, 2.45) is 5.73 Å². The Morgan fingerprint density at radius 1 is 1.44 bits per heavy atom. The van der Waals surface area contributed by atoms with E-state index in [0.29, 0.717) is 12.6 Å². The zero-order chi connectivity index (χ0) is 13.0. The van der Waals surface area contributed by atoms with E-state index in [4.69, 9.17) is 5.73 Å². The van der Waals surface area contributed by atoms with E-state index in [0.717, 1.165) is 12.1 Å². The molecule has 0 aliphatic carbocycles. The van der Waals surface area contributed by atoms with Crippen molar-refractivity contribution < 1.29 is 0 Å². The lowest BCUT2D eigenvalue weighted by molar-refractivity contribution is 0.687. The van der Waals surface area contributed by atoms with Gasteiger partial charge in [0.2, 0.25) is 0 Å². The minimum atomic E-state index is 0.455. The van der Waals surface area contributed by atoms with Crippen LogP contribution in [0.2, 0.25) is 0 Å². The summed E-state index contributed by atoms with van der Waals surface area (Å²) in [6.07, 6.45) is 2.89. The molecule has 2 aromatic heterocycles. The van der Waals surface area contributed by atoms with Gasteiger partial charge in [-0.25, -0.2) is 0 Å². The molecule has 0 amide bonds. The molecule has 0 aliphatic rings. The molecular formula is C14H19N3S. The molecule has 2 heterocycles. The number of pyridine rings is 1. The summed E-state index contributed by atoms with van der Waals surface area (Å²) in [5.41, 5.74) is 7.73. The first-order chi connectivity index (χ1) is 8.70. The summed E-state index contributed by atoms with van der Waals surface area (Å²) in [6.45, 7) is 2.73. The normalized spacial score (nSPS) is 12.4. The number of rotatable bonds is 5. The van der Waals surface area contributed by atoms with Crippen molar-refractivity contribution in [2.75, 3.05) is 11.9 Å². The average molecular weight is 261 g/mol. The summed E-state index contributed by atoms with van der Waals surface area (Å²) < 4.78 is 0. The molecule has 2 N–H and O–H groups in total. The number of nitrogens with zero attached hydrogens (tertiary/aromatic N) is 2. The number of anilines is 1. The third-order valence-electron chi connectivity index (χ3n) is 3.15. The highest BCUT2D eigenvalue weighted by atomic mass is 32.1. The molecule has 0 saturated heterocycles. The fraction of sp³-hybridized carbons (Fsp3) is 0.357. The maximum atomic E-state index is 5.63. The predicted octanol–water partition coefficient (Wildman–Crippen LogP) is 2.67. The summed E-state index contributed by atoms with van der Waals surface area (Å²) in [4.78, 5) is 7.92. The summed E-state index contributed by atoms with van der Waals surface area (Å²) in [7, 11) is 2.12. The minimum absolute atomic E-state index is 0.455. The first-order valence-electron chi connectivity index (χ1n) is 6.11. The lowest BCUT2D eigenvalue weighted by Gasteiger charge is -2.27. The van der Waals surface area contributed by atoms with Gasteiger partial charge in [-0.15, -0.1) is 11.3 Å². The van der Waals surface area contributed by atoms with Crippen molar-refractivity contribution in [2.45, 2.75) is 25.9 Å². The third-order valence-corrected chi connectivity index (χ3v) is 4.05. The zero-order valence-electron chi connectivity index (χ0n) is 10.8. The summed E-state index contributed by atoms with van der Waals surface area (Å²) >= 11 is 1.81. The van der Waals surface area contributed by atoms with E-state index in [2.05, 4.69) is 47.4 Å². The second kappa shape index (κ2) is 5.98. The smallest absolute Gasteiger partial charge is 0.0560 e. The highest BCUT2D eigenvalue weighted by molar-refractivity contribution is 7.09. The largest absolute Gasteiger partial charge is 0.371 e. The molecule has 0 aliphatic heterocycles. The highest BCUT2D eigenvalue weighted by Gasteiger charge is 2.11. The van der Waals surface area contributed by atoms with Crippen LogP contribution in [0.25, 0.3) is 0 Å². The van der Waals surface area contributed by atoms with Gasteiger partial charge < -0.3 is 10.6 Å². The molecule has 1 unspecified atom stereocenters. The maximum absolute atomic E-state index is 5.63. The molecule has 0 fully saturated rings. The van der Waals surface area contributed by atoms with Gasteiger partial charge in [0.15, 0.2) is 0 Å². The number of hydrogen-bond acceptors (Lipinski definition) is 4. The fourth-order valence-electron chi connectivity index (χ4n) is 1.91. The minimum Gasteiger partial charge on any atom is -0.371 e. The zero-order valence-corrected chi connectivity index (χ0v) is 11.7. The Morgan fingerprint density at radius 2 is 2.28 bits per heavy atom. The molecule has 18 heavy (non-hydrogen) atoms. The van der Waals surface area contributed by atoms with Crippen LogP contribution in [0.15, 0.2) is 35.8 Å². The van der Waals surface area contributed by atoms with Crippen LogP contribution in [0.3, 0.4) is 0 Å². The van der Waals surface area contributed by atoms with E-state index >= 15 is 0 Å². The Kier molecular flexibility index (Phi) is 4.33. The Hall–Kier alpha value is -1.39. The quantitative estimate of drug-likeness (QED) is 0.899. The van der Waals surface area contributed by atoms with E-state index in [1.54, 1.807) is 0 Å². The van der Waals surface area contributed by atoms with Gasteiger partial charge in [-0.05, 0) is 30.5 Å². The molecule has 0 bridgehead atoms. The SMILES string of the molecule is CC(Cc1cccs1)N(C)c1ccnc(CN)c1. The fourth-order valence-corrected chi connectivity index (χ4v) is 2.73. The van der Waals surface area contributed by atoms with Crippen molar-refractivity contribution in [3.8, 4) is 0 Å². The molecule has 96 valence electrons. The molecule has 0 saturated carbocycles. The number of hydrogen-bond donors (Lipinski definition) is 1. The van der Waals surface area contributed by atoms with Crippen LogP contribution in [-0.2, 0) is 13.0 Å². The van der Waals surface area contributed by atoms with Crippen molar-refractivity contribution in [3.63, 3.8) is 0 Å². The van der Waals surface area contributed by atoms with E-state index in [1.165, 1.54) is 10.6 Å². The Balaban J connectivity index is 2.07. The number of likely N-dealkylation sites (N-methyl/N-ethyl adjacent to an activating group) is 1. The van der Waals surface area contributed by atoms with E-state index in [9.17, 15) is 0 Å². The highest BCUT2D eigenvalue weighted by Crippen LogP contribution is 2.19. The monoisotopic (exact) mass is 261 g/mol. The molecule has 2 rings (SSSR count). The van der Waals surface area contributed by atoms with Crippen molar-refractivity contribution in [1.29, 1.82) is 0 Å². The van der Waals surface area contributed by atoms with Crippen molar-refractivity contribution >= 4 is 17.0 Å². The van der Waals surface area contributed by atoms with Crippen LogP contribution in [-0.4, -0.2) is 18.1 Å². The molecule has 0 spiro atoms. The van der Waals surface area contributed by atoms with Crippen molar-refractivity contribution in [1.82, 2.24) is 4.98 Å². The molecule has 0 aromatic carbocycles. The molecule has 1 atom stereocenters.